The average Bonchev–Trinajstić information content (AvgIpc) is 3.82. The quantitative estimate of drug-likeness (QED) is 0.112. The Hall–Kier alpha value is -1.18. The van der Waals surface area contributed by atoms with Crippen LogP contribution in [0.2, 0.25) is 0 Å². The number of esters is 2. The Bertz CT molecular complexity index is 654. The molecule has 4 rings (SSSR count). The standard InChI is InChI=1S/C30H50O7/c1-21-25(35-21)15-11-7-3-5-9-13-17-33-29(31)23-19-27-28(37-27)20-24(23)30(32)34-18-14-10-6-4-8-12-16-26-22(2)36-26/h21-28H,3-20H2,1-2H3. The second-order valence-electron chi connectivity index (χ2n) is 11.8. The van der Waals surface area contributed by atoms with E-state index in [0.717, 1.165) is 25.7 Å². The van der Waals surface area contributed by atoms with Crippen LogP contribution in [0.5, 0.6) is 0 Å². The number of hydrogen-bond donors (Lipinski definition) is 0. The summed E-state index contributed by atoms with van der Waals surface area (Å²) in [6.07, 6.45) is 19.4. The molecule has 4 fully saturated rings. The maximum absolute atomic E-state index is 12.8. The van der Waals surface area contributed by atoms with Gasteiger partial charge in [-0.1, -0.05) is 64.2 Å². The number of fused-ring (bicyclic) bond motifs is 1. The maximum Gasteiger partial charge on any atom is 0.309 e. The number of unbranched alkanes of at least 4 members (excludes halogenated alkanes) is 10. The molecule has 0 aromatic heterocycles. The van der Waals surface area contributed by atoms with E-state index in [4.69, 9.17) is 23.7 Å². The molecule has 7 nitrogen and oxygen atoms in total. The highest BCUT2D eigenvalue weighted by Crippen LogP contribution is 2.44. The third-order valence-corrected chi connectivity index (χ3v) is 8.68. The van der Waals surface area contributed by atoms with E-state index in [0.29, 0.717) is 50.5 Å². The smallest absolute Gasteiger partial charge is 0.309 e. The van der Waals surface area contributed by atoms with Gasteiger partial charge in [0.1, 0.15) is 0 Å². The van der Waals surface area contributed by atoms with E-state index < -0.39 is 11.8 Å². The summed E-state index contributed by atoms with van der Waals surface area (Å²) in [5, 5.41) is 0. The Kier molecular flexibility index (Phi) is 11.6. The molecule has 8 unspecified atom stereocenters. The molecular formula is C30H50O7. The molecule has 212 valence electrons. The zero-order valence-electron chi connectivity index (χ0n) is 23.2. The summed E-state index contributed by atoms with van der Waals surface area (Å²) >= 11 is 0. The number of ether oxygens (including phenoxy) is 5. The van der Waals surface area contributed by atoms with Crippen molar-refractivity contribution in [1.82, 2.24) is 0 Å². The summed E-state index contributed by atoms with van der Waals surface area (Å²) in [5.74, 6) is -1.36. The summed E-state index contributed by atoms with van der Waals surface area (Å²) < 4.78 is 27.7. The van der Waals surface area contributed by atoms with Crippen LogP contribution in [0.4, 0.5) is 0 Å². The number of hydrogen-bond acceptors (Lipinski definition) is 7. The summed E-state index contributed by atoms with van der Waals surface area (Å²) in [6.45, 7) is 5.15. The molecule has 0 radical (unpaired) electrons. The Morgan fingerprint density at radius 2 is 0.919 bits per heavy atom. The monoisotopic (exact) mass is 522 g/mol. The van der Waals surface area contributed by atoms with Crippen molar-refractivity contribution >= 4 is 11.9 Å². The fourth-order valence-corrected chi connectivity index (χ4v) is 5.88. The predicted molar refractivity (Wildman–Crippen MR) is 140 cm³/mol. The zero-order chi connectivity index (χ0) is 26.0. The van der Waals surface area contributed by atoms with Crippen molar-refractivity contribution in [3.63, 3.8) is 0 Å². The first-order valence-electron chi connectivity index (χ1n) is 15.3. The number of carbonyl (C=O) groups excluding carboxylic acids is 2. The number of epoxide rings is 3. The van der Waals surface area contributed by atoms with E-state index in [1.54, 1.807) is 0 Å². The average molecular weight is 523 g/mol. The van der Waals surface area contributed by atoms with Crippen molar-refractivity contribution in [3.05, 3.63) is 0 Å². The van der Waals surface area contributed by atoms with Crippen LogP contribution in [-0.2, 0) is 33.3 Å². The topological polar surface area (TPSA) is 90.2 Å². The molecule has 3 saturated heterocycles. The Morgan fingerprint density at radius 1 is 0.568 bits per heavy atom. The van der Waals surface area contributed by atoms with Gasteiger partial charge in [-0.3, -0.25) is 9.59 Å². The fourth-order valence-electron chi connectivity index (χ4n) is 5.88. The molecule has 3 aliphatic heterocycles. The van der Waals surface area contributed by atoms with Gasteiger partial charge in [-0.15, -0.1) is 0 Å². The van der Waals surface area contributed by atoms with E-state index in [2.05, 4.69) is 13.8 Å². The van der Waals surface area contributed by atoms with Crippen molar-refractivity contribution in [2.75, 3.05) is 13.2 Å². The first-order valence-corrected chi connectivity index (χ1v) is 15.3. The molecule has 0 aromatic carbocycles. The van der Waals surface area contributed by atoms with Gasteiger partial charge in [0.05, 0.1) is 61.7 Å². The largest absolute Gasteiger partial charge is 0.465 e. The lowest BCUT2D eigenvalue weighted by Gasteiger charge is -2.26. The molecule has 0 spiro atoms. The van der Waals surface area contributed by atoms with Crippen LogP contribution in [-0.4, -0.2) is 61.8 Å². The molecule has 0 amide bonds. The minimum Gasteiger partial charge on any atom is -0.465 e. The molecule has 1 aliphatic carbocycles. The lowest BCUT2D eigenvalue weighted by molar-refractivity contribution is -0.162. The van der Waals surface area contributed by atoms with Crippen LogP contribution in [0.25, 0.3) is 0 Å². The molecular weight excluding hydrogens is 472 g/mol. The third-order valence-electron chi connectivity index (χ3n) is 8.68. The van der Waals surface area contributed by atoms with Crippen molar-refractivity contribution < 1.29 is 33.3 Å². The number of rotatable bonds is 20. The Morgan fingerprint density at radius 3 is 1.30 bits per heavy atom. The molecule has 1 saturated carbocycles. The van der Waals surface area contributed by atoms with Gasteiger partial charge in [0.15, 0.2) is 0 Å². The van der Waals surface area contributed by atoms with Gasteiger partial charge >= 0.3 is 11.9 Å². The minimum absolute atomic E-state index is 0.111. The molecule has 0 bridgehead atoms. The van der Waals surface area contributed by atoms with Gasteiger partial charge < -0.3 is 23.7 Å². The highest BCUT2D eigenvalue weighted by atomic mass is 16.6. The first kappa shape index (κ1) is 28.8. The van der Waals surface area contributed by atoms with E-state index in [9.17, 15) is 9.59 Å². The fraction of sp³-hybridized carbons (Fsp3) is 0.933. The Labute approximate surface area is 223 Å². The van der Waals surface area contributed by atoms with Crippen molar-refractivity contribution in [2.24, 2.45) is 11.8 Å². The van der Waals surface area contributed by atoms with Gasteiger partial charge in [-0.25, -0.2) is 0 Å². The first-order chi connectivity index (χ1) is 18.0. The normalized spacial score (nSPS) is 33.5. The maximum atomic E-state index is 12.8. The third kappa shape index (κ3) is 10.1. The van der Waals surface area contributed by atoms with Gasteiger partial charge in [0, 0.05) is 0 Å². The van der Waals surface area contributed by atoms with Gasteiger partial charge in [0.25, 0.3) is 0 Å². The zero-order valence-corrected chi connectivity index (χ0v) is 23.2. The second kappa shape index (κ2) is 14.8. The van der Waals surface area contributed by atoms with Gasteiger partial charge in [-0.2, -0.15) is 0 Å². The van der Waals surface area contributed by atoms with Crippen LogP contribution < -0.4 is 0 Å². The second-order valence-corrected chi connectivity index (χ2v) is 11.8. The molecule has 3 heterocycles. The van der Waals surface area contributed by atoms with Gasteiger partial charge in [-0.05, 0) is 52.4 Å². The molecule has 37 heavy (non-hydrogen) atoms. The summed E-state index contributed by atoms with van der Waals surface area (Å²) in [5.41, 5.74) is 0. The van der Waals surface area contributed by atoms with E-state index >= 15 is 0 Å². The molecule has 0 aromatic rings. The molecule has 8 atom stereocenters. The van der Waals surface area contributed by atoms with Crippen molar-refractivity contribution in [1.29, 1.82) is 0 Å². The number of carbonyl (C=O) groups is 2. The molecule has 0 N–H and O–H groups in total. The lowest BCUT2D eigenvalue weighted by Crippen LogP contribution is -2.37. The summed E-state index contributed by atoms with van der Waals surface area (Å²) in [7, 11) is 0. The molecule has 4 aliphatic rings. The SMILES string of the molecule is CC1OC1CCCCCCCCOC(=O)C1CC2OC2CC1C(=O)OCCCCCCCCC1OC1C. The van der Waals surface area contributed by atoms with Crippen LogP contribution in [0, 0.1) is 11.8 Å². The van der Waals surface area contributed by atoms with Crippen LogP contribution in [0.3, 0.4) is 0 Å². The van der Waals surface area contributed by atoms with E-state index in [-0.39, 0.29) is 24.1 Å². The van der Waals surface area contributed by atoms with E-state index in [1.807, 2.05) is 0 Å². The van der Waals surface area contributed by atoms with Crippen LogP contribution in [0.15, 0.2) is 0 Å². The minimum atomic E-state index is -0.429. The highest BCUT2D eigenvalue weighted by molar-refractivity contribution is 5.82. The van der Waals surface area contributed by atoms with Crippen molar-refractivity contribution in [3.8, 4) is 0 Å². The van der Waals surface area contributed by atoms with Crippen molar-refractivity contribution in [2.45, 2.75) is 153 Å². The summed E-state index contributed by atoms with van der Waals surface area (Å²) in [6, 6.07) is 0. The lowest BCUT2D eigenvalue weighted by atomic mass is 9.79. The van der Waals surface area contributed by atoms with E-state index in [1.165, 1.54) is 64.2 Å². The molecule has 7 heteroatoms. The summed E-state index contributed by atoms with van der Waals surface area (Å²) in [4.78, 5) is 25.6. The van der Waals surface area contributed by atoms with Gasteiger partial charge in [0.2, 0.25) is 0 Å². The highest BCUT2D eigenvalue weighted by Gasteiger charge is 2.53. The van der Waals surface area contributed by atoms with Crippen LogP contribution in [0.1, 0.15) is 117 Å². The predicted octanol–water partition coefficient (Wildman–Crippen LogP) is 5.90. The Balaban J connectivity index is 1.01. The van der Waals surface area contributed by atoms with Crippen LogP contribution >= 0.6 is 0 Å².